The molecule has 10 fully saturated rings. The first kappa shape index (κ1) is 94.1. The van der Waals surface area contributed by atoms with Crippen molar-refractivity contribution in [2.24, 2.45) is 11.3 Å². The van der Waals surface area contributed by atoms with Crippen LogP contribution in [0.4, 0.5) is 0 Å². The fraction of sp³-hybridized carbons (Fsp3) is 0.985. The zero-order valence-corrected chi connectivity index (χ0v) is 64.1. The Hall–Kier alpha value is -0.390. The van der Waals surface area contributed by atoms with E-state index in [1.165, 1.54) is 11.8 Å². The third-order valence-electron chi connectivity index (χ3n) is 20.4. The second-order valence-electron chi connectivity index (χ2n) is 28.2. The summed E-state index contributed by atoms with van der Waals surface area (Å²) in [5.41, 5.74) is -4.16. The Balaban J connectivity index is 0.908. The van der Waals surface area contributed by atoms with Crippen molar-refractivity contribution in [3.8, 4) is 0 Å². The molecule has 0 aromatic heterocycles. The van der Waals surface area contributed by atoms with Gasteiger partial charge in [-0.05, 0) is 68.0 Å². The van der Waals surface area contributed by atoms with E-state index in [-0.39, 0.29) is 75.8 Å². The monoisotopic (exact) mass is 1680 g/mol. The summed E-state index contributed by atoms with van der Waals surface area (Å²) in [6.07, 6.45) is -43.1. The van der Waals surface area contributed by atoms with Gasteiger partial charge in [0, 0.05) is 69.0 Å². The van der Waals surface area contributed by atoms with Crippen LogP contribution in [0.3, 0.4) is 0 Å². The zero-order valence-electron chi connectivity index (χ0n) is 60.0. The lowest BCUT2D eigenvalue weighted by atomic mass is 9.85. The van der Waals surface area contributed by atoms with Gasteiger partial charge in [-0.2, -0.15) is 11.8 Å². The van der Waals surface area contributed by atoms with Gasteiger partial charge >= 0.3 is 0 Å². The SMILES string of the molecule is OCC1O[C@H](SCCCOCCC(CNC(=S)NCCSCC2O[C@@H]3O[C@@H]4C(CO)O[C@H](OCCCCC[C@H]2[C@H](O)C3O)C(O)[C@H]4O)(COCCCS[C@@H]2OC(CO)[C@@H](O[C@@H]3OC(CO)[C@H](O)[C@H](O)C3O)[C@H](O)C2O)COCCCS[C@@H]2OC(CO)[C@@H](O[C@@H]3OC(CO)[C@H](O)[C@H](O)C3O)[C@H](O)C2O)C(O)[C@@H](O)[C@@H]1O. The lowest BCUT2D eigenvalue weighted by Crippen LogP contribution is -2.64. The Morgan fingerprint density at radius 2 is 0.844 bits per heavy atom. The predicted molar refractivity (Wildman–Crippen MR) is 384 cm³/mol. The predicted octanol–water partition coefficient (Wildman–Crippen LogP) is -10.5. The molecule has 44 heteroatoms. The van der Waals surface area contributed by atoms with E-state index in [1.807, 2.05) is 0 Å². The van der Waals surface area contributed by atoms with Crippen LogP contribution < -0.4 is 10.6 Å². The molecule has 0 aromatic carbocycles. The molecule has 0 aliphatic carbocycles. The number of hydrogen-bond donors (Lipinski definition) is 25. The molecule has 4 bridgehead atoms. The highest BCUT2D eigenvalue weighted by molar-refractivity contribution is 8.00. The lowest BCUT2D eigenvalue weighted by Gasteiger charge is -2.47. The van der Waals surface area contributed by atoms with Crippen LogP contribution in [0.1, 0.15) is 51.4 Å². The van der Waals surface area contributed by atoms with E-state index < -0.39 is 257 Å². The van der Waals surface area contributed by atoms with Gasteiger partial charge in [-0.15, -0.1) is 35.3 Å². The van der Waals surface area contributed by atoms with Crippen molar-refractivity contribution in [2.45, 2.75) is 258 Å². The molecule has 0 spiro atoms. The quantitative estimate of drug-likeness (QED) is 0.0201. The fourth-order valence-corrected chi connectivity index (χ4v) is 18.2. The van der Waals surface area contributed by atoms with E-state index in [0.29, 0.717) is 68.7 Å². The van der Waals surface area contributed by atoms with Gasteiger partial charge in [-0.25, -0.2) is 0 Å². The topological polar surface area (TPSA) is 619 Å². The molecule has 10 rings (SSSR count). The number of hydrogen-bond acceptors (Lipinski definition) is 42. The smallest absolute Gasteiger partial charge is 0.187 e. The molecule has 10 aliphatic heterocycles. The van der Waals surface area contributed by atoms with Gasteiger partial charge in [0.1, 0.15) is 169 Å². The molecule has 39 nitrogen and oxygen atoms in total. The largest absolute Gasteiger partial charge is 0.394 e. The zero-order chi connectivity index (χ0) is 79.2. The van der Waals surface area contributed by atoms with Crippen LogP contribution in [0.5, 0.6) is 0 Å². The van der Waals surface area contributed by atoms with Gasteiger partial charge in [0.2, 0.25) is 0 Å². The summed E-state index contributed by atoms with van der Waals surface area (Å²) in [6, 6.07) is 0. The maximum atomic E-state index is 11.6. The van der Waals surface area contributed by atoms with Crippen molar-refractivity contribution in [3.63, 3.8) is 0 Å². The molecular weight excluding hydrogens is 1560 g/mol. The van der Waals surface area contributed by atoms with Crippen molar-refractivity contribution in [2.75, 3.05) is 128 Å². The molecule has 35 atom stereocenters. The number of fused-ring (bicyclic) bond motifs is 2. The number of rotatable bonds is 39. The van der Waals surface area contributed by atoms with Gasteiger partial charge in [0.25, 0.3) is 0 Å². The van der Waals surface area contributed by atoms with Crippen LogP contribution in [0, 0.1) is 11.3 Å². The second-order valence-corrected chi connectivity index (χ2v) is 33.4. The summed E-state index contributed by atoms with van der Waals surface area (Å²) < 4.78 is 82.8. The van der Waals surface area contributed by atoms with Gasteiger partial charge in [0.15, 0.2) is 30.3 Å². The summed E-state index contributed by atoms with van der Waals surface area (Å²) in [4.78, 5) is 0. The van der Waals surface area contributed by atoms with Gasteiger partial charge in [-0.3, -0.25) is 0 Å². The van der Waals surface area contributed by atoms with Crippen molar-refractivity contribution in [3.05, 3.63) is 0 Å². The Morgan fingerprint density at radius 3 is 1.35 bits per heavy atom. The van der Waals surface area contributed by atoms with E-state index in [9.17, 15) is 117 Å². The summed E-state index contributed by atoms with van der Waals surface area (Å²) in [5, 5.41) is 250. The van der Waals surface area contributed by atoms with Crippen molar-refractivity contribution < 1.29 is 184 Å². The van der Waals surface area contributed by atoms with E-state index in [1.54, 1.807) is 0 Å². The Kier molecular flexibility index (Phi) is 40.4. The maximum absolute atomic E-state index is 11.6. The standard InChI is InChI=1S/C65H116N2O37S5/c68-19-30-38(75)41(78)48(85)59(95-30)103-55-34(23-72)100-62(52(89)45(55)82)108-16-5-11-92-27-65(8-14-91-10-4-15-107-61-51(88)43(80)40(77)32(21-70)99-61,28-93-12-6-17-109-63-53(90)46(83)56(35(24-73)101-63)104-60-49(86)42(79)39(76)31(20-69)96-60)26-67-64(105)66-9-18-106-25-36-29-7-2-1-3-13-94-57-50(87)44(81)54(33(22-71)97-57)102-58(98-36)47(84)37(29)74/h29-63,68-90H,1-28H2,(H2,66,67,105)/t29-,30?,31?,32?,33?,34?,35?,36?,37+,38+,39+,40-,41+,42+,43+,44-,45-,46-,47?,48?,49?,50?,51?,52?,53?,54-,55-,56-,57+,58-,59+,60+,61-,62+,63+,65?/m1/s1. The summed E-state index contributed by atoms with van der Waals surface area (Å²) in [6.45, 7) is -3.07. The maximum Gasteiger partial charge on any atom is 0.187 e. The van der Waals surface area contributed by atoms with Gasteiger partial charge in [-0.1, -0.05) is 12.8 Å². The minimum Gasteiger partial charge on any atom is -0.394 e. The molecule has 0 aromatic rings. The number of ether oxygens (including phenoxy) is 14. The van der Waals surface area contributed by atoms with Gasteiger partial charge < -0.3 is 194 Å². The molecular formula is C65H116N2O37S5. The van der Waals surface area contributed by atoms with Crippen molar-refractivity contribution in [1.29, 1.82) is 0 Å². The summed E-state index contributed by atoms with van der Waals surface area (Å²) in [5.74, 6) is 1.12. The second kappa shape index (κ2) is 46.8. The van der Waals surface area contributed by atoms with Crippen molar-refractivity contribution >= 4 is 64.4 Å². The minimum absolute atomic E-state index is 0.00398. The average Bonchev–Trinajstić information content (AvgIpc) is 1.23. The van der Waals surface area contributed by atoms with E-state index in [4.69, 9.17) is 78.5 Å². The number of aliphatic hydroxyl groups is 23. The molecule has 0 saturated carbocycles. The molecule has 638 valence electrons. The first-order chi connectivity index (χ1) is 52.3. The van der Waals surface area contributed by atoms with Crippen LogP contribution >= 0.6 is 59.3 Å². The van der Waals surface area contributed by atoms with Crippen LogP contribution in [0.2, 0.25) is 0 Å². The van der Waals surface area contributed by atoms with Crippen molar-refractivity contribution in [1.82, 2.24) is 10.6 Å². The van der Waals surface area contributed by atoms with Crippen LogP contribution in [0.15, 0.2) is 0 Å². The Morgan fingerprint density at radius 1 is 0.394 bits per heavy atom. The lowest BCUT2D eigenvalue weighted by molar-refractivity contribution is -0.353. The third-order valence-corrected chi connectivity index (χ3v) is 25.4. The average molecular weight is 1680 g/mol. The highest BCUT2D eigenvalue weighted by Gasteiger charge is 2.55. The highest BCUT2D eigenvalue weighted by atomic mass is 32.2. The Bertz CT molecular complexity index is 2470. The summed E-state index contributed by atoms with van der Waals surface area (Å²) in [7, 11) is 0. The molecule has 0 radical (unpaired) electrons. The first-order valence-electron chi connectivity index (χ1n) is 36.8. The molecule has 14 unspecified atom stereocenters. The number of thiocarbonyl (C=S) groups is 1. The van der Waals surface area contributed by atoms with E-state index in [0.717, 1.165) is 35.3 Å². The molecule has 109 heavy (non-hydrogen) atoms. The fourth-order valence-electron chi connectivity index (χ4n) is 13.8. The van der Waals surface area contributed by atoms with E-state index >= 15 is 0 Å². The summed E-state index contributed by atoms with van der Waals surface area (Å²) >= 11 is 10.7. The van der Waals surface area contributed by atoms with E-state index in [2.05, 4.69) is 10.6 Å². The Labute approximate surface area is 652 Å². The normalized spacial score (nSPS) is 43.1. The van der Waals surface area contributed by atoms with Crippen LogP contribution in [0.25, 0.3) is 0 Å². The molecule has 10 saturated heterocycles. The minimum atomic E-state index is -1.85. The highest BCUT2D eigenvalue weighted by Crippen LogP contribution is 2.39. The molecule has 0 amide bonds. The van der Waals surface area contributed by atoms with Crippen LogP contribution in [-0.4, -0.2) is 457 Å². The van der Waals surface area contributed by atoms with Crippen LogP contribution in [-0.2, 0) is 66.3 Å². The number of aliphatic hydroxyl groups excluding tert-OH is 23. The van der Waals surface area contributed by atoms with Gasteiger partial charge in [0.05, 0.1) is 65.1 Å². The molecule has 10 heterocycles. The number of nitrogens with one attached hydrogen (secondary N) is 2. The molecule has 10 aliphatic rings. The third kappa shape index (κ3) is 25.3. The number of thioether (sulfide) groups is 4. The first-order valence-corrected chi connectivity index (χ1v) is 41.5. The molecule has 25 N–H and O–H groups in total.